The molecular formula is C21H25FN2O2. The monoisotopic (exact) mass is 356 g/mol. The Bertz CT molecular complexity index is 717. The van der Waals surface area contributed by atoms with E-state index in [1.54, 1.807) is 29.2 Å². The van der Waals surface area contributed by atoms with E-state index in [1.807, 2.05) is 44.2 Å². The normalized spacial score (nSPS) is 11.7. The van der Waals surface area contributed by atoms with Crippen molar-refractivity contribution in [2.24, 2.45) is 0 Å². The minimum absolute atomic E-state index is 0.103. The molecule has 138 valence electrons. The van der Waals surface area contributed by atoms with Crippen molar-refractivity contribution in [2.75, 3.05) is 13.2 Å². The van der Waals surface area contributed by atoms with E-state index in [-0.39, 0.29) is 17.9 Å². The predicted octanol–water partition coefficient (Wildman–Crippen LogP) is 3.83. The molecule has 0 aliphatic carbocycles. The van der Waals surface area contributed by atoms with E-state index in [4.69, 9.17) is 0 Å². The Morgan fingerprint density at radius 3 is 2.27 bits per heavy atom. The van der Waals surface area contributed by atoms with Gasteiger partial charge in [-0.3, -0.25) is 14.0 Å². The number of halogens is 1. The topological polar surface area (TPSA) is 49.4 Å². The van der Waals surface area contributed by atoms with Crippen molar-refractivity contribution in [2.45, 2.75) is 32.9 Å². The molecular weight excluding hydrogens is 331 g/mol. The predicted molar refractivity (Wildman–Crippen MR) is 101 cm³/mol. The van der Waals surface area contributed by atoms with Crippen LogP contribution in [0.5, 0.6) is 0 Å². The van der Waals surface area contributed by atoms with Crippen LogP contribution in [-0.4, -0.2) is 36.0 Å². The number of carbonyl (C=O) groups excluding carboxylic acids is 2. The minimum atomic E-state index is -0.439. The van der Waals surface area contributed by atoms with Crippen molar-refractivity contribution in [1.82, 2.24) is 10.2 Å². The molecule has 4 nitrogen and oxygen atoms in total. The van der Waals surface area contributed by atoms with E-state index < -0.39 is 6.67 Å². The molecule has 5 heteroatoms. The molecule has 0 heterocycles. The standard InChI is InChI=1S/C21H25FN2O2/c1-3-24(16(2)13-14-22)21(26)19-11-9-17(10-12-19)15-23-20(25)18-7-5-4-6-8-18/h4-12,16H,3,13-15H2,1-2H3,(H,23,25). The van der Waals surface area contributed by atoms with Crippen LogP contribution in [0.2, 0.25) is 0 Å². The minimum Gasteiger partial charge on any atom is -0.348 e. The highest BCUT2D eigenvalue weighted by Gasteiger charge is 2.19. The summed E-state index contributed by atoms with van der Waals surface area (Å²) >= 11 is 0. The maximum absolute atomic E-state index is 12.6. The Hall–Kier alpha value is -2.69. The molecule has 0 spiro atoms. The molecule has 1 N–H and O–H groups in total. The molecule has 1 unspecified atom stereocenters. The van der Waals surface area contributed by atoms with Crippen LogP contribution in [0.3, 0.4) is 0 Å². The summed E-state index contributed by atoms with van der Waals surface area (Å²) in [6.45, 7) is 4.23. The molecule has 2 rings (SSSR count). The Morgan fingerprint density at radius 2 is 1.69 bits per heavy atom. The Morgan fingerprint density at radius 1 is 1.04 bits per heavy atom. The third-order valence-electron chi connectivity index (χ3n) is 4.35. The van der Waals surface area contributed by atoms with Crippen LogP contribution < -0.4 is 5.32 Å². The van der Waals surface area contributed by atoms with Crippen molar-refractivity contribution >= 4 is 11.8 Å². The molecule has 0 aliphatic rings. The number of nitrogens with one attached hydrogen (secondary N) is 1. The van der Waals surface area contributed by atoms with Crippen LogP contribution in [0.15, 0.2) is 54.6 Å². The maximum atomic E-state index is 12.6. The van der Waals surface area contributed by atoms with Gasteiger partial charge in [-0.15, -0.1) is 0 Å². The lowest BCUT2D eigenvalue weighted by Crippen LogP contribution is -2.38. The van der Waals surface area contributed by atoms with Gasteiger partial charge in [-0.05, 0) is 50.1 Å². The summed E-state index contributed by atoms with van der Waals surface area (Å²) in [5, 5.41) is 2.86. The molecule has 2 amide bonds. The number of benzene rings is 2. The third kappa shape index (κ3) is 5.15. The highest BCUT2D eigenvalue weighted by molar-refractivity contribution is 5.95. The van der Waals surface area contributed by atoms with Crippen LogP contribution in [-0.2, 0) is 6.54 Å². The maximum Gasteiger partial charge on any atom is 0.254 e. The Labute approximate surface area is 154 Å². The van der Waals surface area contributed by atoms with E-state index in [0.29, 0.717) is 30.6 Å². The van der Waals surface area contributed by atoms with Crippen molar-refractivity contribution in [3.8, 4) is 0 Å². The van der Waals surface area contributed by atoms with E-state index in [1.165, 1.54) is 0 Å². The summed E-state index contributed by atoms with van der Waals surface area (Å²) in [6, 6.07) is 16.0. The average molecular weight is 356 g/mol. The van der Waals surface area contributed by atoms with Crippen molar-refractivity contribution < 1.29 is 14.0 Å². The van der Waals surface area contributed by atoms with Crippen LogP contribution in [0, 0.1) is 0 Å². The lowest BCUT2D eigenvalue weighted by molar-refractivity contribution is 0.0690. The van der Waals surface area contributed by atoms with Crippen LogP contribution in [0.25, 0.3) is 0 Å². The van der Waals surface area contributed by atoms with Crippen molar-refractivity contribution in [3.63, 3.8) is 0 Å². The molecule has 0 fully saturated rings. The highest BCUT2D eigenvalue weighted by atomic mass is 19.1. The molecule has 0 aromatic heterocycles. The summed E-state index contributed by atoms with van der Waals surface area (Å²) < 4.78 is 12.6. The summed E-state index contributed by atoms with van der Waals surface area (Å²) in [7, 11) is 0. The zero-order chi connectivity index (χ0) is 18.9. The molecule has 0 saturated carbocycles. The van der Waals surface area contributed by atoms with Crippen LogP contribution in [0.4, 0.5) is 4.39 Å². The van der Waals surface area contributed by atoms with Crippen molar-refractivity contribution in [1.29, 1.82) is 0 Å². The molecule has 26 heavy (non-hydrogen) atoms. The van der Waals surface area contributed by atoms with Gasteiger partial charge in [0.25, 0.3) is 11.8 Å². The van der Waals surface area contributed by atoms with Gasteiger partial charge in [-0.1, -0.05) is 30.3 Å². The number of alkyl halides is 1. The Balaban J connectivity index is 1.97. The fraction of sp³-hybridized carbons (Fsp3) is 0.333. The van der Waals surface area contributed by atoms with E-state index in [9.17, 15) is 14.0 Å². The lowest BCUT2D eigenvalue weighted by atomic mass is 10.1. The first-order chi connectivity index (χ1) is 12.6. The number of nitrogens with zero attached hydrogens (tertiary/aromatic N) is 1. The molecule has 0 radical (unpaired) electrons. The van der Waals surface area contributed by atoms with Gasteiger partial charge in [0.05, 0.1) is 6.67 Å². The number of amides is 2. The van der Waals surface area contributed by atoms with Gasteiger partial charge in [-0.2, -0.15) is 0 Å². The number of carbonyl (C=O) groups is 2. The largest absolute Gasteiger partial charge is 0.348 e. The molecule has 1 atom stereocenters. The summed E-state index contributed by atoms with van der Waals surface area (Å²) in [5.41, 5.74) is 2.08. The van der Waals surface area contributed by atoms with E-state index in [0.717, 1.165) is 5.56 Å². The first-order valence-electron chi connectivity index (χ1n) is 8.86. The fourth-order valence-electron chi connectivity index (χ4n) is 2.77. The fourth-order valence-corrected chi connectivity index (χ4v) is 2.77. The van der Waals surface area contributed by atoms with Crippen molar-refractivity contribution in [3.05, 3.63) is 71.3 Å². The first kappa shape index (κ1) is 19.6. The third-order valence-corrected chi connectivity index (χ3v) is 4.35. The Kier molecular flexibility index (Phi) is 7.33. The second-order valence-corrected chi connectivity index (χ2v) is 6.16. The molecule has 0 saturated heterocycles. The van der Waals surface area contributed by atoms with Gasteiger partial charge in [0.1, 0.15) is 0 Å². The molecule has 2 aromatic rings. The number of hydrogen-bond acceptors (Lipinski definition) is 2. The van der Waals surface area contributed by atoms with Gasteiger partial charge in [0.2, 0.25) is 0 Å². The summed E-state index contributed by atoms with van der Waals surface area (Å²) in [6.07, 6.45) is 0.336. The smallest absolute Gasteiger partial charge is 0.254 e. The van der Waals surface area contributed by atoms with Gasteiger partial charge in [0, 0.05) is 30.3 Å². The molecule has 0 bridgehead atoms. The number of hydrogen-bond donors (Lipinski definition) is 1. The van der Waals surface area contributed by atoms with Gasteiger partial charge in [-0.25, -0.2) is 0 Å². The van der Waals surface area contributed by atoms with Crippen LogP contribution >= 0.6 is 0 Å². The first-order valence-corrected chi connectivity index (χ1v) is 8.86. The second-order valence-electron chi connectivity index (χ2n) is 6.16. The summed E-state index contributed by atoms with van der Waals surface area (Å²) in [4.78, 5) is 26.3. The average Bonchev–Trinajstić information content (AvgIpc) is 2.68. The number of rotatable bonds is 8. The molecule has 0 aliphatic heterocycles. The second kappa shape index (κ2) is 9.70. The van der Waals surface area contributed by atoms with E-state index >= 15 is 0 Å². The SMILES string of the molecule is CCN(C(=O)c1ccc(CNC(=O)c2ccccc2)cc1)C(C)CCF. The van der Waals surface area contributed by atoms with Gasteiger partial charge < -0.3 is 10.2 Å². The van der Waals surface area contributed by atoms with Crippen LogP contribution in [0.1, 0.15) is 46.5 Å². The highest BCUT2D eigenvalue weighted by Crippen LogP contribution is 2.12. The zero-order valence-corrected chi connectivity index (χ0v) is 15.2. The van der Waals surface area contributed by atoms with E-state index in [2.05, 4.69) is 5.32 Å². The quantitative estimate of drug-likeness (QED) is 0.781. The zero-order valence-electron chi connectivity index (χ0n) is 15.2. The summed E-state index contributed by atoms with van der Waals surface area (Å²) in [5.74, 6) is -0.240. The van der Waals surface area contributed by atoms with Gasteiger partial charge in [0.15, 0.2) is 0 Å². The lowest BCUT2D eigenvalue weighted by Gasteiger charge is -2.27. The van der Waals surface area contributed by atoms with Gasteiger partial charge >= 0.3 is 0 Å². The molecule has 2 aromatic carbocycles.